The normalized spacial score (nSPS) is 17.6. The number of primary amides is 1. The van der Waals surface area contributed by atoms with Gasteiger partial charge in [-0.3, -0.25) is 9.59 Å². The highest BCUT2D eigenvalue weighted by Gasteiger charge is 2.23. The average Bonchev–Trinajstić information content (AvgIpc) is 2.41. The van der Waals surface area contributed by atoms with Gasteiger partial charge in [0.15, 0.2) is 0 Å². The number of nitrogens with two attached hydrogens (primary N) is 1. The summed E-state index contributed by atoms with van der Waals surface area (Å²) in [4.78, 5) is 25.9. The van der Waals surface area contributed by atoms with Crippen LogP contribution in [0.2, 0.25) is 0 Å². The molecular formula is C17H27N3O2. The SMILES string of the molecule is CC(C)(C)CN1CCC(Cn2cccc(C(N)=O)c2=O)CC1. The van der Waals surface area contributed by atoms with Crippen molar-refractivity contribution in [2.24, 2.45) is 17.1 Å². The Hall–Kier alpha value is -1.62. The molecule has 0 unspecified atom stereocenters. The molecule has 2 heterocycles. The predicted molar refractivity (Wildman–Crippen MR) is 87.8 cm³/mol. The van der Waals surface area contributed by atoms with Crippen LogP contribution < -0.4 is 11.3 Å². The first-order chi connectivity index (χ1) is 10.3. The van der Waals surface area contributed by atoms with Crippen molar-refractivity contribution in [3.63, 3.8) is 0 Å². The second-order valence-electron chi connectivity index (χ2n) is 7.52. The smallest absolute Gasteiger partial charge is 0.263 e. The van der Waals surface area contributed by atoms with Gasteiger partial charge in [-0.05, 0) is 49.4 Å². The number of rotatable bonds is 4. The molecule has 1 amide bonds. The van der Waals surface area contributed by atoms with Gasteiger partial charge in [0.2, 0.25) is 0 Å². The van der Waals surface area contributed by atoms with Crippen molar-refractivity contribution in [3.05, 3.63) is 34.2 Å². The summed E-state index contributed by atoms with van der Waals surface area (Å²) in [6.07, 6.45) is 3.92. The van der Waals surface area contributed by atoms with E-state index in [9.17, 15) is 9.59 Å². The van der Waals surface area contributed by atoms with Crippen LogP contribution in [0.4, 0.5) is 0 Å². The van der Waals surface area contributed by atoms with Crippen molar-refractivity contribution in [2.45, 2.75) is 40.2 Å². The summed E-state index contributed by atoms with van der Waals surface area (Å²) in [6, 6.07) is 3.21. The minimum absolute atomic E-state index is 0.0765. The molecule has 1 aliphatic rings. The van der Waals surface area contributed by atoms with Gasteiger partial charge in [0, 0.05) is 19.3 Å². The molecule has 0 aliphatic carbocycles. The topological polar surface area (TPSA) is 68.3 Å². The largest absolute Gasteiger partial charge is 0.365 e. The first kappa shape index (κ1) is 16.7. The van der Waals surface area contributed by atoms with Crippen molar-refractivity contribution in [1.29, 1.82) is 0 Å². The molecule has 1 fully saturated rings. The van der Waals surface area contributed by atoms with E-state index in [1.54, 1.807) is 16.8 Å². The first-order valence-electron chi connectivity index (χ1n) is 7.98. The van der Waals surface area contributed by atoms with Crippen LogP contribution in [0, 0.1) is 11.3 Å². The number of hydrogen-bond acceptors (Lipinski definition) is 3. The maximum Gasteiger partial charge on any atom is 0.263 e. The van der Waals surface area contributed by atoms with Crippen molar-refractivity contribution < 1.29 is 4.79 Å². The lowest BCUT2D eigenvalue weighted by Gasteiger charge is -2.36. The van der Waals surface area contributed by atoms with E-state index in [1.807, 2.05) is 0 Å². The number of aromatic nitrogens is 1. The number of likely N-dealkylation sites (tertiary alicyclic amines) is 1. The zero-order chi connectivity index (χ0) is 16.3. The quantitative estimate of drug-likeness (QED) is 0.920. The van der Waals surface area contributed by atoms with Crippen LogP contribution in [0.5, 0.6) is 0 Å². The summed E-state index contributed by atoms with van der Waals surface area (Å²) in [6.45, 7) is 10.7. The lowest BCUT2D eigenvalue weighted by molar-refractivity contribution is 0.0997. The van der Waals surface area contributed by atoms with Gasteiger partial charge in [0.05, 0.1) is 0 Å². The summed E-state index contributed by atoms with van der Waals surface area (Å²) in [5.74, 6) is -0.170. The Morgan fingerprint density at radius 2 is 1.95 bits per heavy atom. The molecule has 1 aromatic rings. The van der Waals surface area contributed by atoms with E-state index in [0.717, 1.165) is 32.5 Å². The van der Waals surface area contributed by atoms with Crippen molar-refractivity contribution in [3.8, 4) is 0 Å². The maximum absolute atomic E-state index is 12.2. The molecule has 1 saturated heterocycles. The number of hydrogen-bond donors (Lipinski definition) is 1. The van der Waals surface area contributed by atoms with Crippen LogP contribution in [0.3, 0.4) is 0 Å². The van der Waals surface area contributed by atoms with Crippen molar-refractivity contribution in [2.75, 3.05) is 19.6 Å². The van der Waals surface area contributed by atoms with Crippen LogP contribution >= 0.6 is 0 Å². The van der Waals surface area contributed by atoms with Crippen molar-refractivity contribution in [1.82, 2.24) is 9.47 Å². The molecule has 5 heteroatoms. The first-order valence-corrected chi connectivity index (χ1v) is 7.98. The highest BCUT2D eigenvalue weighted by Crippen LogP contribution is 2.22. The number of nitrogens with zero attached hydrogens (tertiary/aromatic N) is 2. The molecule has 0 aromatic carbocycles. The van der Waals surface area contributed by atoms with Crippen LogP contribution in [-0.2, 0) is 6.54 Å². The van der Waals surface area contributed by atoms with Gasteiger partial charge in [0.1, 0.15) is 5.56 Å². The predicted octanol–water partition coefficient (Wildman–Crippen LogP) is 1.71. The zero-order valence-corrected chi connectivity index (χ0v) is 13.8. The van der Waals surface area contributed by atoms with Gasteiger partial charge < -0.3 is 15.2 Å². The third kappa shape index (κ3) is 4.44. The molecule has 0 spiro atoms. The number of amides is 1. The fourth-order valence-corrected chi connectivity index (χ4v) is 3.14. The molecule has 122 valence electrons. The molecule has 0 radical (unpaired) electrons. The number of carbonyl (C=O) groups excluding carboxylic acids is 1. The van der Waals surface area contributed by atoms with E-state index in [0.29, 0.717) is 17.9 Å². The molecule has 2 N–H and O–H groups in total. The summed E-state index contributed by atoms with van der Waals surface area (Å²) in [7, 11) is 0. The second kappa shape index (κ2) is 6.65. The summed E-state index contributed by atoms with van der Waals surface area (Å²) < 4.78 is 1.63. The number of pyridine rings is 1. The van der Waals surface area contributed by atoms with E-state index in [-0.39, 0.29) is 11.1 Å². The van der Waals surface area contributed by atoms with Crippen LogP contribution in [0.25, 0.3) is 0 Å². The number of carbonyl (C=O) groups is 1. The van der Waals surface area contributed by atoms with E-state index < -0.39 is 5.91 Å². The van der Waals surface area contributed by atoms with E-state index in [4.69, 9.17) is 5.73 Å². The van der Waals surface area contributed by atoms with Gasteiger partial charge in [0.25, 0.3) is 11.5 Å². The highest BCUT2D eigenvalue weighted by molar-refractivity contribution is 5.92. The van der Waals surface area contributed by atoms with E-state index >= 15 is 0 Å². The monoisotopic (exact) mass is 305 g/mol. The highest BCUT2D eigenvalue weighted by atomic mass is 16.2. The van der Waals surface area contributed by atoms with E-state index in [1.165, 1.54) is 6.07 Å². The molecule has 5 nitrogen and oxygen atoms in total. The Morgan fingerprint density at radius 3 is 2.50 bits per heavy atom. The van der Waals surface area contributed by atoms with Gasteiger partial charge in [-0.1, -0.05) is 20.8 Å². The fraction of sp³-hybridized carbons (Fsp3) is 0.647. The van der Waals surface area contributed by atoms with Gasteiger partial charge in [-0.2, -0.15) is 0 Å². The molecule has 22 heavy (non-hydrogen) atoms. The average molecular weight is 305 g/mol. The zero-order valence-electron chi connectivity index (χ0n) is 13.8. The summed E-state index contributed by atoms with van der Waals surface area (Å²) >= 11 is 0. The molecule has 0 atom stereocenters. The number of piperidine rings is 1. The lowest BCUT2D eigenvalue weighted by atomic mass is 9.92. The van der Waals surface area contributed by atoms with Crippen LogP contribution in [0.1, 0.15) is 44.0 Å². The Bertz CT molecular complexity index is 578. The Labute approximate surface area is 132 Å². The summed E-state index contributed by atoms with van der Waals surface area (Å²) in [5, 5.41) is 0. The van der Waals surface area contributed by atoms with Gasteiger partial charge in [-0.15, -0.1) is 0 Å². The molecular weight excluding hydrogens is 278 g/mol. The Balaban J connectivity index is 1.96. The minimum Gasteiger partial charge on any atom is -0.365 e. The molecule has 1 aliphatic heterocycles. The third-order valence-electron chi connectivity index (χ3n) is 4.15. The lowest BCUT2D eigenvalue weighted by Crippen LogP contribution is -2.40. The molecule has 1 aromatic heterocycles. The maximum atomic E-state index is 12.2. The summed E-state index contributed by atoms with van der Waals surface area (Å²) in [5.41, 5.74) is 5.36. The van der Waals surface area contributed by atoms with Gasteiger partial charge >= 0.3 is 0 Å². The van der Waals surface area contributed by atoms with Crippen LogP contribution in [-0.4, -0.2) is 35.0 Å². The van der Waals surface area contributed by atoms with E-state index in [2.05, 4.69) is 25.7 Å². The molecule has 2 rings (SSSR count). The second-order valence-corrected chi connectivity index (χ2v) is 7.52. The van der Waals surface area contributed by atoms with Crippen LogP contribution in [0.15, 0.2) is 23.1 Å². The third-order valence-corrected chi connectivity index (χ3v) is 4.15. The van der Waals surface area contributed by atoms with Crippen molar-refractivity contribution >= 4 is 5.91 Å². The minimum atomic E-state index is -0.653. The molecule has 0 bridgehead atoms. The van der Waals surface area contributed by atoms with Gasteiger partial charge in [-0.25, -0.2) is 0 Å². The molecule has 0 saturated carbocycles. The Kier molecular flexibility index (Phi) is 5.06. The fourth-order valence-electron chi connectivity index (χ4n) is 3.14. The standard InChI is InChI=1S/C17H27N3O2/c1-17(2,3)12-19-9-6-13(7-10-19)11-20-8-4-5-14(15(18)21)16(20)22/h4-5,8,13H,6-7,9-12H2,1-3H3,(H2,18,21). The Morgan fingerprint density at radius 1 is 1.32 bits per heavy atom.